The number of rotatable bonds is 6. The highest BCUT2D eigenvalue weighted by Gasteiger charge is 2.34. The summed E-state index contributed by atoms with van der Waals surface area (Å²) in [4.78, 5) is 28.0. The Bertz CT molecular complexity index is 1620. The highest BCUT2D eigenvalue weighted by Crippen LogP contribution is 2.33. The van der Waals surface area contributed by atoms with Crippen LogP contribution in [0.25, 0.3) is 17.1 Å². The summed E-state index contributed by atoms with van der Waals surface area (Å²) in [7, 11) is 1.28. The van der Waals surface area contributed by atoms with Crippen LogP contribution in [0.4, 0.5) is 17.6 Å². The molecule has 1 N–H and O–H groups in total. The molecule has 0 radical (unpaired) electrons. The van der Waals surface area contributed by atoms with Crippen molar-refractivity contribution in [3.8, 4) is 28.9 Å². The predicted molar refractivity (Wildman–Crippen MR) is 125 cm³/mol. The van der Waals surface area contributed by atoms with Crippen molar-refractivity contribution in [2.75, 3.05) is 7.11 Å². The van der Waals surface area contributed by atoms with Crippen LogP contribution in [0.3, 0.4) is 0 Å². The van der Waals surface area contributed by atoms with Gasteiger partial charge in [0.2, 0.25) is 0 Å². The van der Waals surface area contributed by atoms with Crippen LogP contribution in [-0.2, 0) is 12.6 Å². The molecule has 7 nitrogen and oxygen atoms in total. The summed E-state index contributed by atoms with van der Waals surface area (Å²) in [5, 5.41) is 13.8. The molecule has 0 aliphatic heterocycles. The highest BCUT2D eigenvalue weighted by atomic mass is 35.5. The molecular formula is C25H15ClF4N4O3. The number of hydrogen-bond acceptors (Lipinski definition) is 5. The number of ether oxygens (including phenoxy) is 1. The number of hydrogen-bond donors (Lipinski definition) is 1. The molecule has 0 saturated carbocycles. The van der Waals surface area contributed by atoms with E-state index in [9.17, 15) is 32.4 Å². The zero-order valence-corrected chi connectivity index (χ0v) is 19.6. The molecule has 0 amide bonds. The van der Waals surface area contributed by atoms with Crippen LogP contribution in [0, 0.1) is 17.1 Å². The fraction of sp³-hybridized carbons (Fsp3) is 0.120. The predicted octanol–water partition coefficient (Wildman–Crippen LogP) is 5.34. The third-order valence-corrected chi connectivity index (χ3v) is 5.73. The number of Topliss-reactive ketones (excluding diaryl/α,β-unsaturated/α-hetero) is 1. The molecule has 188 valence electrons. The fourth-order valence-electron chi connectivity index (χ4n) is 3.69. The molecule has 4 aromatic rings. The first kappa shape index (κ1) is 25.7. The number of halogens is 5. The summed E-state index contributed by atoms with van der Waals surface area (Å²) < 4.78 is 58.9. The number of nitrogens with one attached hydrogen (secondary N) is 1. The first-order chi connectivity index (χ1) is 17.5. The fourth-order valence-corrected chi connectivity index (χ4v) is 3.96. The average molecular weight is 531 g/mol. The van der Waals surface area contributed by atoms with E-state index < -0.39 is 35.5 Å². The van der Waals surface area contributed by atoms with Gasteiger partial charge in [0.05, 0.1) is 46.1 Å². The second-order valence-corrected chi connectivity index (χ2v) is 8.17. The minimum absolute atomic E-state index is 0.0332. The van der Waals surface area contributed by atoms with Gasteiger partial charge in [-0.15, -0.1) is 5.10 Å². The Balaban J connectivity index is 1.67. The van der Waals surface area contributed by atoms with Crippen LogP contribution < -0.4 is 10.4 Å². The van der Waals surface area contributed by atoms with Crippen LogP contribution in [0.5, 0.6) is 5.75 Å². The first-order valence-electron chi connectivity index (χ1n) is 10.5. The summed E-state index contributed by atoms with van der Waals surface area (Å²) in [6.07, 6.45) is -5.36. The van der Waals surface area contributed by atoms with E-state index in [1.165, 1.54) is 37.4 Å². The van der Waals surface area contributed by atoms with E-state index in [1.807, 2.05) is 6.07 Å². The summed E-state index contributed by atoms with van der Waals surface area (Å²) in [5.41, 5.74) is -1.50. The van der Waals surface area contributed by atoms with Gasteiger partial charge in [-0.2, -0.15) is 23.1 Å². The molecule has 37 heavy (non-hydrogen) atoms. The molecule has 4 rings (SSSR count). The molecule has 1 heterocycles. The van der Waals surface area contributed by atoms with Crippen LogP contribution in [0.15, 0.2) is 59.4 Å². The largest absolute Gasteiger partial charge is 0.496 e. The minimum atomic E-state index is -4.91. The van der Waals surface area contributed by atoms with Gasteiger partial charge in [-0.3, -0.25) is 9.78 Å². The number of nitriles is 1. The lowest BCUT2D eigenvalue weighted by Crippen LogP contribution is -2.16. The molecule has 0 aliphatic rings. The van der Waals surface area contributed by atoms with Gasteiger partial charge >= 0.3 is 11.9 Å². The van der Waals surface area contributed by atoms with Gasteiger partial charge in [0, 0.05) is 12.5 Å². The second kappa shape index (κ2) is 9.91. The Morgan fingerprint density at radius 3 is 2.62 bits per heavy atom. The maximum Gasteiger partial charge on any atom is 0.419 e. The molecule has 0 bridgehead atoms. The zero-order chi connectivity index (χ0) is 26.9. The highest BCUT2D eigenvalue weighted by molar-refractivity contribution is 6.33. The maximum atomic E-state index is 13.6. The molecule has 0 spiro atoms. The molecule has 1 aromatic heterocycles. The van der Waals surface area contributed by atoms with Gasteiger partial charge in [0.15, 0.2) is 11.6 Å². The number of alkyl halides is 3. The lowest BCUT2D eigenvalue weighted by Gasteiger charge is -2.12. The zero-order valence-electron chi connectivity index (χ0n) is 18.9. The first-order valence-corrected chi connectivity index (χ1v) is 10.9. The number of aromatic nitrogens is 3. The third kappa shape index (κ3) is 5.10. The van der Waals surface area contributed by atoms with Crippen molar-refractivity contribution >= 4 is 17.4 Å². The van der Waals surface area contributed by atoms with E-state index in [-0.39, 0.29) is 44.5 Å². The van der Waals surface area contributed by atoms with E-state index in [4.69, 9.17) is 16.3 Å². The van der Waals surface area contributed by atoms with Gasteiger partial charge < -0.3 is 4.74 Å². The van der Waals surface area contributed by atoms with E-state index in [0.717, 1.165) is 10.7 Å². The maximum absolute atomic E-state index is 13.6. The number of aromatic amines is 1. The van der Waals surface area contributed by atoms with Crippen LogP contribution >= 0.6 is 11.6 Å². The molecule has 0 saturated heterocycles. The van der Waals surface area contributed by atoms with E-state index in [0.29, 0.717) is 12.1 Å². The number of methoxy groups -OCH3 is 1. The standard InChI is InChI=1S/C25H15ClF4N4O3/c1-37-21-11-15(34-24(36)32-23(33-34)22-14(12-31)3-2-4-18(22)26)6-7-16(21)20(35)10-13-5-8-19(27)17(9-13)25(28,29)30/h2-9,11H,10H2,1H3,(H,32,33,36). The summed E-state index contributed by atoms with van der Waals surface area (Å²) in [6.45, 7) is 0. The van der Waals surface area contributed by atoms with Gasteiger partial charge in [-0.25, -0.2) is 9.18 Å². The van der Waals surface area contributed by atoms with Gasteiger partial charge in [0.1, 0.15) is 11.6 Å². The van der Waals surface area contributed by atoms with Crippen molar-refractivity contribution in [3.05, 3.63) is 98.2 Å². The Kier molecular flexibility index (Phi) is 6.87. The lowest BCUT2D eigenvalue weighted by atomic mass is 10.00. The SMILES string of the molecule is COc1cc(-n2nc(-c3c(Cl)cccc3C#N)[nH]c2=O)ccc1C(=O)Cc1ccc(F)c(C(F)(F)F)c1. The van der Waals surface area contributed by atoms with Gasteiger partial charge in [-0.05, 0) is 42.0 Å². The molecule has 0 unspecified atom stereocenters. The summed E-state index contributed by atoms with van der Waals surface area (Å²) in [6, 6.07) is 13.0. The van der Waals surface area contributed by atoms with Crippen molar-refractivity contribution in [2.45, 2.75) is 12.6 Å². The van der Waals surface area contributed by atoms with Crippen molar-refractivity contribution < 1.29 is 27.1 Å². The summed E-state index contributed by atoms with van der Waals surface area (Å²) >= 11 is 6.20. The molecule has 0 atom stereocenters. The topological polar surface area (TPSA) is 101 Å². The van der Waals surface area contributed by atoms with Crippen LogP contribution in [0.1, 0.15) is 27.0 Å². The Morgan fingerprint density at radius 1 is 1.19 bits per heavy atom. The number of carbonyl (C=O) groups excluding carboxylic acids is 1. The lowest BCUT2D eigenvalue weighted by molar-refractivity contribution is -0.140. The van der Waals surface area contributed by atoms with Crippen LogP contribution in [-0.4, -0.2) is 27.7 Å². The van der Waals surface area contributed by atoms with Gasteiger partial charge in [0.25, 0.3) is 0 Å². The minimum Gasteiger partial charge on any atom is -0.496 e. The Labute approximate surface area is 211 Å². The number of carbonyl (C=O) groups is 1. The monoisotopic (exact) mass is 530 g/mol. The van der Waals surface area contributed by atoms with E-state index in [2.05, 4.69) is 10.1 Å². The Morgan fingerprint density at radius 2 is 1.95 bits per heavy atom. The molecule has 0 fully saturated rings. The number of benzene rings is 3. The molecular weight excluding hydrogens is 516 g/mol. The van der Waals surface area contributed by atoms with Gasteiger partial charge in [-0.1, -0.05) is 23.7 Å². The second-order valence-electron chi connectivity index (χ2n) is 7.76. The molecule has 3 aromatic carbocycles. The quantitative estimate of drug-likeness (QED) is 0.268. The van der Waals surface area contributed by atoms with Crippen molar-refractivity contribution in [2.24, 2.45) is 0 Å². The molecule has 12 heteroatoms. The van der Waals surface area contributed by atoms with E-state index >= 15 is 0 Å². The Hall–Kier alpha value is -4.43. The number of nitrogens with zero attached hydrogens (tertiary/aromatic N) is 3. The number of H-pyrrole nitrogens is 1. The average Bonchev–Trinajstić information content (AvgIpc) is 3.24. The molecule has 0 aliphatic carbocycles. The summed E-state index contributed by atoms with van der Waals surface area (Å²) in [5.74, 6) is -1.95. The smallest absolute Gasteiger partial charge is 0.419 e. The number of ketones is 1. The van der Waals surface area contributed by atoms with E-state index in [1.54, 1.807) is 6.07 Å². The van der Waals surface area contributed by atoms with Crippen molar-refractivity contribution in [3.63, 3.8) is 0 Å². The normalized spacial score (nSPS) is 11.3. The third-order valence-electron chi connectivity index (χ3n) is 5.42. The van der Waals surface area contributed by atoms with Crippen molar-refractivity contribution in [1.82, 2.24) is 14.8 Å². The van der Waals surface area contributed by atoms with Crippen LogP contribution in [0.2, 0.25) is 5.02 Å². The van der Waals surface area contributed by atoms with Crippen molar-refractivity contribution in [1.29, 1.82) is 5.26 Å².